The van der Waals surface area contributed by atoms with Crippen LogP contribution in [0.1, 0.15) is 10.4 Å². The quantitative estimate of drug-likeness (QED) is 0.447. The fourth-order valence-corrected chi connectivity index (χ4v) is 3.13. The Bertz CT molecular complexity index is 919. The molecule has 0 saturated heterocycles. The Kier molecular flexibility index (Phi) is 5.37. The van der Waals surface area contributed by atoms with E-state index in [0.29, 0.717) is 4.47 Å². The van der Waals surface area contributed by atoms with E-state index in [2.05, 4.69) is 20.7 Å². The average molecular weight is 442 g/mol. The van der Waals surface area contributed by atoms with E-state index in [1.54, 1.807) is 0 Å². The predicted octanol–water partition coefficient (Wildman–Crippen LogP) is 3.59. The number of nitrogens with one attached hydrogen (secondary N) is 1. The average Bonchev–Trinajstić information content (AvgIpc) is 2.57. The minimum Gasteiger partial charge on any atom is -0.465 e. The van der Waals surface area contributed by atoms with E-state index in [1.165, 1.54) is 16.9 Å². The van der Waals surface area contributed by atoms with Gasteiger partial charge in [-0.05, 0) is 24.3 Å². The van der Waals surface area contributed by atoms with Gasteiger partial charge >= 0.3 is 5.97 Å². The van der Waals surface area contributed by atoms with Crippen LogP contribution in [0, 0.1) is 23.3 Å². The molecule has 0 aliphatic rings. The first kappa shape index (κ1) is 19.2. The molecular formula is C14H8BrF4NO4S. The highest BCUT2D eigenvalue weighted by Gasteiger charge is 2.32. The van der Waals surface area contributed by atoms with E-state index in [0.717, 1.165) is 19.2 Å². The third kappa shape index (κ3) is 3.61. The lowest BCUT2D eigenvalue weighted by Gasteiger charge is -2.13. The number of carbonyl (C=O) groups is 1. The van der Waals surface area contributed by atoms with Crippen molar-refractivity contribution in [3.63, 3.8) is 0 Å². The molecule has 0 bridgehead atoms. The van der Waals surface area contributed by atoms with Crippen molar-refractivity contribution in [1.82, 2.24) is 0 Å². The Morgan fingerprint density at radius 1 is 1.00 bits per heavy atom. The molecule has 0 radical (unpaired) electrons. The summed E-state index contributed by atoms with van der Waals surface area (Å²) in [6.07, 6.45) is 0. The minimum absolute atomic E-state index is 0.410. The molecule has 0 saturated carbocycles. The predicted molar refractivity (Wildman–Crippen MR) is 82.6 cm³/mol. The number of sulfonamides is 1. The summed E-state index contributed by atoms with van der Waals surface area (Å²) in [5.74, 6) is -9.99. The van der Waals surface area contributed by atoms with Crippen molar-refractivity contribution < 1.29 is 35.5 Å². The molecule has 0 atom stereocenters. The van der Waals surface area contributed by atoms with Crippen molar-refractivity contribution in [2.24, 2.45) is 0 Å². The van der Waals surface area contributed by atoms with Crippen LogP contribution >= 0.6 is 15.9 Å². The van der Waals surface area contributed by atoms with E-state index < -0.39 is 55.4 Å². The maximum atomic E-state index is 14.0. The molecule has 134 valence electrons. The molecule has 0 aliphatic carbocycles. The van der Waals surface area contributed by atoms with Crippen molar-refractivity contribution in [3.05, 3.63) is 57.6 Å². The summed E-state index contributed by atoms with van der Waals surface area (Å²) in [5, 5.41) is 0. The molecule has 1 N–H and O–H groups in total. The molecule has 0 spiro atoms. The van der Waals surface area contributed by atoms with Crippen molar-refractivity contribution in [2.45, 2.75) is 4.90 Å². The lowest BCUT2D eigenvalue weighted by atomic mass is 10.1. The summed E-state index contributed by atoms with van der Waals surface area (Å²) in [5.41, 5.74) is -3.20. The van der Waals surface area contributed by atoms with Gasteiger partial charge in [-0.1, -0.05) is 15.9 Å². The Morgan fingerprint density at radius 2 is 1.48 bits per heavy atom. The fraction of sp³-hybridized carbons (Fsp3) is 0.0714. The van der Waals surface area contributed by atoms with Gasteiger partial charge in [0.25, 0.3) is 10.0 Å². The van der Waals surface area contributed by atoms with Gasteiger partial charge in [0.2, 0.25) is 0 Å². The summed E-state index contributed by atoms with van der Waals surface area (Å²) in [6, 6.07) is 4.86. The van der Waals surface area contributed by atoms with E-state index in [9.17, 15) is 30.8 Å². The SMILES string of the molecule is COC(=O)c1c(F)c(F)c(NS(=O)(=O)c2ccc(Br)cc2)c(F)c1F. The number of carbonyl (C=O) groups excluding carboxylic acids is 1. The number of ether oxygens (including phenoxy) is 1. The Morgan fingerprint density at radius 3 is 1.92 bits per heavy atom. The van der Waals surface area contributed by atoms with Crippen LogP contribution in [0.3, 0.4) is 0 Å². The standard InChI is InChI=1S/C14H8BrF4NO4S/c1-24-14(21)8-9(16)11(18)13(12(19)10(8)17)20-25(22,23)7-4-2-6(15)3-5-7/h2-5,20H,1H3. The maximum Gasteiger partial charge on any atom is 0.344 e. The van der Waals surface area contributed by atoms with Gasteiger partial charge in [-0.25, -0.2) is 30.8 Å². The van der Waals surface area contributed by atoms with Crippen LogP contribution in [-0.2, 0) is 14.8 Å². The summed E-state index contributed by atoms with van der Waals surface area (Å²) in [6.45, 7) is 0. The third-order valence-electron chi connectivity index (χ3n) is 3.01. The highest BCUT2D eigenvalue weighted by atomic mass is 79.9. The zero-order valence-corrected chi connectivity index (χ0v) is 14.6. The number of methoxy groups -OCH3 is 1. The smallest absolute Gasteiger partial charge is 0.344 e. The largest absolute Gasteiger partial charge is 0.465 e. The minimum atomic E-state index is -4.55. The number of anilines is 1. The second-order valence-electron chi connectivity index (χ2n) is 4.56. The van der Waals surface area contributed by atoms with E-state index in [4.69, 9.17) is 0 Å². The fourth-order valence-electron chi connectivity index (χ4n) is 1.81. The molecule has 2 aromatic carbocycles. The van der Waals surface area contributed by atoms with Gasteiger partial charge < -0.3 is 4.74 Å². The summed E-state index contributed by atoms with van der Waals surface area (Å²) < 4.78 is 85.9. The lowest BCUT2D eigenvalue weighted by molar-refractivity contribution is 0.0587. The monoisotopic (exact) mass is 441 g/mol. The number of hydrogen-bond acceptors (Lipinski definition) is 4. The van der Waals surface area contributed by atoms with Gasteiger partial charge in [-0.15, -0.1) is 0 Å². The van der Waals surface area contributed by atoms with Crippen LogP contribution in [-0.4, -0.2) is 21.5 Å². The molecule has 11 heteroatoms. The van der Waals surface area contributed by atoms with Crippen molar-refractivity contribution in [1.29, 1.82) is 0 Å². The topological polar surface area (TPSA) is 72.5 Å². The van der Waals surface area contributed by atoms with E-state index >= 15 is 0 Å². The van der Waals surface area contributed by atoms with Gasteiger partial charge in [0.05, 0.1) is 12.0 Å². The highest BCUT2D eigenvalue weighted by Crippen LogP contribution is 2.30. The molecule has 2 rings (SSSR count). The molecule has 0 aromatic heterocycles. The number of rotatable bonds is 4. The van der Waals surface area contributed by atoms with E-state index in [-0.39, 0.29) is 0 Å². The molecule has 2 aromatic rings. The van der Waals surface area contributed by atoms with Crippen molar-refractivity contribution in [3.8, 4) is 0 Å². The second kappa shape index (κ2) is 7.00. The highest BCUT2D eigenvalue weighted by molar-refractivity contribution is 9.10. The van der Waals surface area contributed by atoms with Gasteiger partial charge in [0.1, 0.15) is 11.3 Å². The van der Waals surface area contributed by atoms with Crippen molar-refractivity contribution in [2.75, 3.05) is 11.8 Å². The first-order valence-corrected chi connectivity index (χ1v) is 8.60. The van der Waals surface area contributed by atoms with Crippen LogP contribution < -0.4 is 4.72 Å². The molecule has 0 amide bonds. The summed E-state index contributed by atoms with van der Waals surface area (Å²) in [4.78, 5) is 10.8. The van der Waals surface area contributed by atoms with Gasteiger partial charge in [0, 0.05) is 4.47 Å². The molecule has 0 aliphatic heterocycles. The van der Waals surface area contributed by atoms with Gasteiger partial charge in [-0.2, -0.15) is 0 Å². The normalized spacial score (nSPS) is 11.3. The maximum absolute atomic E-state index is 14.0. The zero-order chi connectivity index (χ0) is 18.9. The molecule has 5 nitrogen and oxygen atoms in total. The van der Waals surface area contributed by atoms with Crippen LogP contribution in [0.4, 0.5) is 23.2 Å². The molecule has 25 heavy (non-hydrogen) atoms. The summed E-state index contributed by atoms with van der Waals surface area (Å²) in [7, 11) is -3.80. The number of hydrogen-bond donors (Lipinski definition) is 1. The Labute approximate surface area is 147 Å². The van der Waals surface area contributed by atoms with Crippen LogP contribution in [0.5, 0.6) is 0 Å². The lowest BCUT2D eigenvalue weighted by Crippen LogP contribution is -2.19. The molecule has 0 heterocycles. The van der Waals surface area contributed by atoms with Gasteiger partial charge in [0.15, 0.2) is 23.3 Å². The first-order valence-electron chi connectivity index (χ1n) is 6.32. The molecule has 0 unspecified atom stereocenters. The van der Waals surface area contributed by atoms with Gasteiger partial charge in [-0.3, -0.25) is 4.72 Å². The molecule has 0 fully saturated rings. The van der Waals surface area contributed by atoms with E-state index in [1.807, 2.05) is 0 Å². The second-order valence-corrected chi connectivity index (χ2v) is 7.16. The first-order chi connectivity index (χ1) is 11.6. The van der Waals surface area contributed by atoms with Crippen LogP contribution in [0.15, 0.2) is 33.6 Å². The Balaban J connectivity index is 2.57. The van der Waals surface area contributed by atoms with Crippen LogP contribution in [0.2, 0.25) is 0 Å². The number of benzene rings is 2. The Hall–Kier alpha value is -2.14. The molecular weight excluding hydrogens is 434 g/mol. The third-order valence-corrected chi connectivity index (χ3v) is 4.91. The van der Waals surface area contributed by atoms with Crippen LogP contribution in [0.25, 0.3) is 0 Å². The number of esters is 1. The number of halogens is 5. The summed E-state index contributed by atoms with van der Waals surface area (Å²) >= 11 is 3.07. The zero-order valence-electron chi connectivity index (χ0n) is 12.2. The van der Waals surface area contributed by atoms with Crippen molar-refractivity contribution >= 4 is 37.6 Å².